The molecule has 20 heavy (non-hydrogen) atoms. The van der Waals surface area contributed by atoms with Crippen LogP contribution < -0.4 is 10.6 Å². The molecule has 0 aliphatic carbocycles. The van der Waals surface area contributed by atoms with E-state index in [-0.39, 0.29) is 12.6 Å². The lowest BCUT2D eigenvalue weighted by Gasteiger charge is -2.26. The zero-order chi connectivity index (χ0) is 15.4. The number of nitrogens with one attached hydrogen (secondary N) is 2. The highest BCUT2D eigenvalue weighted by molar-refractivity contribution is 5.78. The largest absolute Gasteiger partial charge is 0.481 e. The SMILES string of the molecule is CCC(CC)(CNC(=O)NCCOCCOC)C(=O)O. The second kappa shape index (κ2) is 10.4. The maximum atomic E-state index is 11.5. The predicted molar refractivity (Wildman–Crippen MR) is 74.7 cm³/mol. The van der Waals surface area contributed by atoms with Crippen LogP contribution >= 0.6 is 0 Å². The maximum absolute atomic E-state index is 11.5. The summed E-state index contributed by atoms with van der Waals surface area (Å²) in [5.74, 6) is -0.884. The number of rotatable bonds is 11. The first-order valence-electron chi connectivity index (χ1n) is 6.84. The van der Waals surface area contributed by atoms with E-state index >= 15 is 0 Å². The van der Waals surface area contributed by atoms with Gasteiger partial charge in [0.1, 0.15) is 0 Å². The van der Waals surface area contributed by atoms with Gasteiger partial charge in [-0.25, -0.2) is 4.79 Å². The Hall–Kier alpha value is -1.34. The smallest absolute Gasteiger partial charge is 0.314 e. The van der Waals surface area contributed by atoms with E-state index in [1.807, 2.05) is 0 Å². The molecule has 0 spiro atoms. The minimum absolute atomic E-state index is 0.117. The lowest BCUT2D eigenvalue weighted by Crippen LogP contribution is -2.46. The fourth-order valence-corrected chi connectivity index (χ4v) is 1.67. The molecule has 0 fully saturated rings. The van der Waals surface area contributed by atoms with Gasteiger partial charge in [0, 0.05) is 20.2 Å². The van der Waals surface area contributed by atoms with E-state index in [4.69, 9.17) is 9.47 Å². The summed E-state index contributed by atoms with van der Waals surface area (Å²) >= 11 is 0. The highest BCUT2D eigenvalue weighted by atomic mass is 16.5. The number of urea groups is 1. The van der Waals surface area contributed by atoms with Gasteiger partial charge in [0.05, 0.1) is 25.2 Å². The number of aliphatic carboxylic acids is 1. The Bertz CT molecular complexity index is 292. The number of methoxy groups -OCH3 is 1. The number of carboxylic acids is 1. The molecule has 118 valence electrons. The van der Waals surface area contributed by atoms with Gasteiger partial charge in [0.25, 0.3) is 0 Å². The lowest BCUT2D eigenvalue weighted by atomic mass is 9.82. The zero-order valence-corrected chi connectivity index (χ0v) is 12.5. The van der Waals surface area contributed by atoms with Gasteiger partial charge in [0.15, 0.2) is 0 Å². The molecule has 0 atom stereocenters. The number of carbonyl (C=O) groups excluding carboxylic acids is 1. The van der Waals surface area contributed by atoms with Crippen LogP contribution in [-0.2, 0) is 14.3 Å². The van der Waals surface area contributed by atoms with Crippen molar-refractivity contribution in [2.24, 2.45) is 5.41 Å². The first-order chi connectivity index (χ1) is 9.52. The molecule has 0 aromatic carbocycles. The molecule has 0 aliphatic heterocycles. The van der Waals surface area contributed by atoms with Crippen molar-refractivity contribution in [1.29, 1.82) is 0 Å². The van der Waals surface area contributed by atoms with Crippen LogP contribution in [0, 0.1) is 5.41 Å². The van der Waals surface area contributed by atoms with Crippen LogP contribution in [0.2, 0.25) is 0 Å². The fourth-order valence-electron chi connectivity index (χ4n) is 1.67. The molecule has 7 nitrogen and oxygen atoms in total. The molecular formula is C13H26N2O5. The van der Waals surface area contributed by atoms with Gasteiger partial charge in [-0.2, -0.15) is 0 Å². The highest BCUT2D eigenvalue weighted by Crippen LogP contribution is 2.25. The quantitative estimate of drug-likeness (QED) is 0.490. The van der Waals surface area contributed by atoms with Crippen molar-refractivity contribution in [2.45, 2.75) is 26.7 Å². The monoisotopic (exact) mass is 290 g/mol. The molecule has 0 saturated carbocycles. The Kier molecular flexibility index (Phi) is 9.75. The van der Waals surface area contributed by atoms with Gasteiger partial charge in [-0.3, -0.25) is 4.79 Å². The summed E-state index contributed by atoms with van der Waals surface area (Å²) in [6, 6.07) is -0.382. The van der Waals surface area contributed by atoms with Crippen molar-refractivity contribution in [1.82, 2.24) is 10.6 Å². The van der Waals surface area contributed by atoms with Crippen LogP contribution in [0.15, 0.2) is 0 Å². The van der Waals surface area contributed by atoms with E-state index in [0.29, 0.717) is 39.2 Å². The van der Waals surface area contributed by atoms with Crippen molar-refractivity contribution in [3.8, 4) is 0 Å². The molecule has 0 rings (SSSR count). The lowest BCUT2D eigenvalue weighted by molar-refractivity contribution is -0.149. The van der Waals surface area contributed by atoms with Crippen LogP contribution in [0.1, 0.15) is 26.7 Å². The third-order valence-corrected chi connectivity index (χ3v) is 3.36. The maximum Gasteiger partial charge on any atom is 0.314 e. The Morgan fingerprint density at radius 1 is 1.10 bits per heavy atom. The molecule has 0 aromatic rings. The predicted octanol–water partition coefficient (Wildman–Crippen LogP) is 0.840. The van der Waals surface area contributed by atoms with Gasteiger partial charge in [-0.1, -0.05) is 13.8 Å². The highest BCUT2D eigenvalue weighted by Gasteiger charge is 2.35. The average Bonchev–Trinajstić information content (AvgIpc) is 2.44. The number of carboxylic acid groups (broad SMARTS) is 1. The normalized spacial score (nSPS) is 11.2. The Balaban J connectivity index is 3.89. The molecule has 2 amide bonds. The van der Waals surface area contributed by atoms with Gasteiger partial charge >= 0.3 is 12.0 Å². The van der Waals surface area contributed by atoms with Gasteiger partial charge < -0.3 is 25.2 Å². The van der Waals surface area contributed by atoms with Crippen LogP contribution in [-0.4, -0.2) is 57.1 Å². The van der Waals surface area contributed by atoms with Crippen molar-refractivity contribution in [2.75, 3.05) is 40.0 Å². The third kappa shape index (κ3) is 6.72. The number of ether oxygens (including phenoxy) is 2. The topological polar surface area (TPSA) is 96.9 Å². The number of carbonyl (C=O) groups is 2. The summed E-state index contributed by atoms with van der Waals surface area (Å²) in [5, 5.41) is 14.4. The van der Waals surface area contributed by atoms with Crippen molar-refractivity contribution in [3.05, 3.63) is 0 Å². The molecule has 3 N–H and O–H groups in total. The van der Waals surface area contributed by atoms with Crippen molar-refractivity contribution < 1.29 is 24.2 Å². The summed E-state index contributed by atoms with van der Waals surface area (Å²) in [4.78, 5) is 22.8. The summed E-state index contributed by atoms with van der Waals surface area (Å²) in [6.45, 7) is 5.48. The first kappa shape index (κ1) is 18.7. The molecule has 0 heterocycles. The molecule has 0 unspecified atom stereocenters. The van der Waals surface area contributed by atoms with Gasteiger partial charge in [-0.15, -0.1) is 0 Å². The second-order valence-corrected chi connectivity index (χ2v) is 4.51. The summed E-state index contributed by atoms with van der Waals surface area (Å²) in [6.07, 6.45) is 0.943. The van der Waals surface area contributed by atoms with E-state index in [9.17, 15) is 14.7 Å². The molecule has 0 radical (unpaired) electrons. The second-order valence-electron chi connectivity index (χ2n) is 4.51. The molecule has 0 bridgehead atoms. The van der Waals surface area contributed by atoms with Crippen LogP contribution in [0.4, 0.5) is 4.79 Å². The van der Waals surface area contributed by atoms with Gasteiger partial charge in [0.2, 0.25) is 0 Å². The van der Waals surface area contributed by atoms with E-state index in [0.717, 1.165) is 0 Å². The zero-order valence-electron chi connectivity index (χ0n) is 12.5. The molecule has 0 saturated heterocycles. The standard InChI is InChI=1S/C13H26N2O5/c1-4-13(5-2,11(16)17)10-15-12(18)14-6-7-20-9-8-19-3/h4-10H2,1-3H3,(H,16,17)(H2,14,15,18). The first-order valence-corrected chi connectivity index (χ1v) is 6.84. The van der Waals surface area contributed by atoms with E-state index in [1.165, 1.54) is 0 Å². The summed E-state index contributed by atoms with van der Waals surface area (Å²) < 4.78 is 10.0. The minimum Gasteiger partial charge on any atom is -0.481 e. The van der Waals surface area contributed by atoms with E-state index in [1.54, 1.807) is 21.0 Å². The summed E-state index contributed by atoms with van der Waals surface area (Å²) in [7, 11) is 1.59. The van der Waals surface area contributed by atoms with Crippen molar-refractivity contribution >= 4 is 12.0 Å². The molecule has 0 aliphatic rings. The summed E-state index contributed by atoms with van der Waals surface area (Å²) in [5.41, 5.74) is -0.897. The van der Waals surface area contributed by atoms with E-state index in [2.05, 4.69) is 10.6 Å². The molecule has 7 heteroatoms. The fraction of sp³-hybridized carbons (Fsp3) is 0.846. The molecular weight excluding hydrogens is 264 g/mol. The van der Waals surface area contributed by atoms with Gasteiger partial charge in [-0.05, 0) is 12.8 Å². The Morgan fingerprint density at radius 2 is 1.75 bits per heavy atom. The Morgan fingerprint density at radius 3 is 2.25 bits per heavy atom. The minimum atomic E-state index is -0.897. The number of hydrogen-bond donors (Lipinski definition) is 3. The molecule has 0 aromatic heterocycles. The van der Waals surface area contributed by atoms with Crippen LogP contribution in [0.25, 0.3) is 0 Å². The third-order valence-electron chi connectivity index (χ3n) is 3.36. The average molecular weight is 290 g/mol. The number of amides is 2. The number of hydrogen-bond acceptors (Lipinski definition) is 4. The van der Waals surface area contributed by atoms with Crippen molar-refractivity contribution in [3.63, 3.8) is 0 Å². The van der Waals surface area contributed by atoms with Crippen LogP contribution in [0.5, 0.6) is 0 Å². The van der Waals surface area contributed by atoms with E-state index < -0.39 is 11.4 Å². The van der Waals surface area contributed by atoms with Crippen LogP contribution in [0.3, 0.4) is 0 Å². The Labute approximate surface area is 120 Å².